The van der Waals surface area contributed by atoms with Gasteiger partial charge >= 0.3 is 0 Å². The third-order valence-electron chi connectivity index (χ3n) is 4.93. The molecular weight excluding hydrogens is 226 g/mol. The second kappa shape index (κ2) is 5.17. The Morgan fingerprint density at radius 2 is 2.00 bits per heavy atom. The average Bonchev–Trinajstić information content (AvgIpc) is 2.81. The van der Waals surface area contributed by atoms with E-state index in [0.29, 0.717) is 11.9 Å². The van der Waals surface area contributed by atoms with Crippen LogP contribution in [-0.4, -0.2) is 42.0 Å². The highest BCUT2D eigenvalue weighted by Crippen LogP contribution is 2.33. The Hall–Kier alpha value is -0.610. The summed E-state index contributed by atoms with van der Waals surface area (Å²) in [5.41, 5.74) is 5.96. The Morgan fingerprint density at radius 3 is 2.78 bits per heavy atom. The van der Waals surface area contributed by atoms with Crippen LogP contribution in [0.4, 0.5) is 0 Å². The first-order valence-electron chi connectivity index (χ1n) is 7.54. The van der Waals surface area contributed by atoms with Crippen molar-refractivity contribution in [2.75, 3.05) is 13.1 Å². The predicted molar refractivity (Wildman–Crippen MR) is 71.1 cm³/mol. The molecule has 4 unspecified atom stereocenters. The van der Waals surface area contributed by atoms with Gasteiger partial charge in [0.2, 0.25) is 5.91 Å². The van der Waals surface area contributed by atoms with E-state index in [1.54, 1.807) is 0 Å². The zero-order valence-corrected chi connectivity index (χ0v) is 11.1. The Labute approximate surface area is 109 Å². The van der Waals surface area contributed by atoms with Gasteiger partial charge in [-0.3, -0.25) is 4.79 Å². The molecular formula is C14H25N3O. The van der Waals surface area contributed by atoms with Crippen LogP contribution in [-0.2, 0) is 4.79 Å². The molecule has 1 amide bonds. The van der Waals surface area contributed by atoms with Crippen molar-refractivity contribution in [3.05, 3.63) is 0 Å². The van der Waals surface area contributed by atoms with Crippen LogP contribution in [0.2, 0.25) is 0 Å². The normalized spacial score (nSPS) is 40.6. The SMILES string of the molecule is NC1CCCN(C(=O)C2CC3CCCCC3N2)C1. The molecule has 0 bridgehead atoms. The molecule has 4 nitrogen and oxygen atoms in total. The van der Waals surface area contributed by atoms with Crippen LogP contribution in [0.15, 0.2) is 0 Å². The number of amides is 1. The van der Waals surface area contributed by atoms with Gasteiger partial charge in [-0.15, -0.1) is 0 Å². The van der Waals surface area contributed by atoms with E-state index in [2.05, 4.69) is 5.32 Å². The summed E-state index contributed by atoms with van der Waals surface area (Å²) in [6, 6.07) is 0.862. The van der Waals surface area contributed by atoms with Crippen molar-refractivity contribution in [3.63, 3.8) is 0 Å². The van der Waals surface area contributed by atoms with E-state index in [1.165, 1.54) is 25.7 Å². The lowest BCUT2D eigenvalue weighted by molar-refractivity contribution is -0.134. The lowest BCUT2D eigenvalue weighted by atomic mass is 9.85. The molecule has 18 heavy (non-hydrogen) atoms. The van der Waals surface area contributed by atoms with Crippen LogP contribution in [0.1, 0.15) is 44.9 Å². The molecule has 0 radical (unpaired) electrons. The highest BCUT2D eigenvalue weighted by molar-refractivity contribution is 5.82. The maximum atomic E-state index is 12.5. The molecule has 102 valence electrons. The van der Waals surface area contributed by atoms with E-state index in [9.17, 15) is 4.79 Å². The van der Waals surface area contributed by atoms with Crippen LogP contribution in [0.25, 0.3) is 0 Å². The topological polar surface area (TPSA) is 58.4 Å². The maximum absolute atomic E-state index is 12.5. The van der Waals surface area contributed by atoms with Gasteiger partial charge in [-0.25, -0.2) is 0 Å². The number of likely N-dealkylation sites (tertiary alicyclic amines) is 1. The summed E-state index contributed by atoms with van der Waals surface area (Å²) >= 11 is 0. The quantitative estimate of drug-likeness (QED) is 0.726. The summed E-state index contributed by atoms with van der Waals surface area (Å²) in [5.74, 6) is 1.05. The Balaban J connectivity index is 1.59. The highest BCUT2D eigenvalue weighted by Gasteiger charge is 2.40. The van der Waals surface area contributed by atoms with Gasteiger partial charge in [0, 0.05) is 25.2 Å². The van der Waals surface area contributed by atoms with Gasteiger partial charge in [0.15, 0.2) is 0 Å². The monoisotopic (exact) mass is 251 g/mol. The number of rotatable bonds is 1. The van der Waals surface area contributed by atoms with Gasteiger partial charge in [0.25, 0.3) is 0 Å². The van der Waals surface area contributed by atoms with Gasteiger partial charge < -0.3 is 16.0 Å². The molecule has 2 saturated heterocycles. The number of nitrogens with zero attached hydrogens (tertiary/aromatic N) is 1. The van der Waals surface area contributed by atoms with Crippen LogP contribution < -0.4 is 11.1 Å². The molecule has 0 aromatic carbocycles. The fraction of sp³-hybridized carbons (Fsp3) is 0.929. The van der Waals surface area contributed by atoms with Crippen molar-refractivity contribution >= 4 is 5.91 Å². The molecule has 4 atom stereocenters. The van der Waals surface area contributed by atoms with Crippen LogP contribution >= 0.6 is 0 Å². The second-order valence-electron chi connectivity index (χ2n) is 6.29. The first-order chi connectivity index (χ1) is 8.74. The molecule has 3 rings (SSSR count). The Bertz CT molecular complexity index is 306. The van der Waals surface area contributed by atoms with E-state index in [4.69, 9.17) is 5.73 Å². The molecule has 4 heteroatoms. The third kappa shape index (κ3) is 2.41. The first-order valence-corrected chi connectivity index (χ1v) is 7.54. The average molecular weight is 251 g/mol. The molecule has 2 heterocycles. The van der Waals surface area contributed by atoms with Crippen molar-refractivity contribution in [1.29, 1.82) is 0 Å². The number of hydrogen-bond acceptors (Lipinski definition) is 3. The van der Waals surface area contributed by atoms with Crippen molar-refractivity contribution in [2.45, 2.75) is 63.1 Å². The van der Waals surface area contributed by atoms with Gasteiger partial charge in [0.05, 0.1) is 6.04 Å². The number of carbonyl (C=O) groups excluding carboxylic acids is 1. The highest BCUT2D eigenvalue weighted by atomic mass is 16.2. The number of hydrogen-bond donors (Lipinski definition) is 2. The molecule has 0 aromatic rings. The maximum Gasteiger partial charge on any atom is 0.239 e. The van der Waals surface area contributed by atoms with Gasteiger partial charge in [-0.1, -0.05) is 12.8 Å². The van der Waals surface area contributed by atoms with Gasteiger partial charge in [-0.2, -0.15) is 0 Å². The molecule has 0 spiro atoms. The largest absolute Gasteiger partial charge is 0.340 e. The number of piperidine rings is 1. The molecule has 0 aromatic heterocycles. The first kappa shape index (κ1) is 12.4. The van der Waals surface area contributed by atoms with E-state index in [-0.39, 0.29) is 12.1 Å². The summed E-state index contributed by atoms with van der Waals surface area (Å²) in [7, 11) is 0. The van der Waals surface area contributed by atoms with Crippen LogP contribution in [0, 0.1) is 5.92 Å². The molecule has 3 fully saturated rings. The molecule has 3 N–H and O–H groups in total. The minimum atomic E-state index is 0.0726. The van der Waals surface area contributed by atoms with Crippen LogP contribution in [0.3, 0.4) is 0 Å². The molecule has 3 aliphatic rings. The van der Waals surface area contributed by atoms with E-state index in [0.717, 1.165) is 38.3 Å². The smallest absolute Gasteiger partial charge is 0.239 e. The lowest BCUT2D eigenvalue weighted by Gasteiger charge is -2.32. The Kier molecular flexibility index (Phi) is 3.57. The molecule has 1 saturated carbocycles. The second-order valence-corrected chi connectivity index (χ2v) is 6.29. The minimum Gasteiger partial charge on any atom is -0.340 e. The molecule has 2 aliphatic heterocycles. The zero-order chi connectivity index (χ0) is 12.5. The van der Waals surface area contributed by atoms with Crippen LogP contribution in [0.5, 0.6) is 0 Å². The number of carbonyl (C=O) groups is 1. The van der Waals surface area contributed by atoms with E-state index in [1.807, 2.05) is 4.90 Å². The summed E-state index contributed by atoms with van der Waals surface area (Å²) < 4.78 is 0. The van der Waals surface area contributed by atoms with E-state index >= 15 is 0 Å². The standard InChI is InChI=1S/C14H25N3O/c15-11-5-3-7-17(9-11)14(18)13-8-10-4-1-2-6-12(10)16-13/h10-13,16H,1-9,15H2. The predicted octanol–water partition coefficient (Wildman–Crippen LogP) is 0.857. The third-order valence-corrected chi connectivity index (χ3v) is 4.93. The minimum absolute atomic E-state index is 0.0726. The Morgan fingerprint density at radius 1 is 1.17 bits per heavy atom. The fourth-order valence-electron chi connectivity index (χ4n) is 3.94. The van der Waals surface area contributed by atoms with Crippen molar-refractivity contribution in [1.82, 2.24) is 10.2 Å². The number of nitrogens with two attached hydrogens (primary N) is 1. The summed E-state index contributed by atoms with van der Waals surface area (Å²) in [6.45, 7) is 1.66. The zero-order valence-electron chi connectivity index (χ0n) is 11.1. The van der Waals surface area contributed by atoms with Gasteiger partial charge in [-0.05, 0) is 38.0 Å². The summed E-state index contributed by atoms with van der Waals surface area (Å²) in [4.78, 5) is 14.5. The van der Waals surface area contributed by atoms with Crippen molar-refractivity contribution in [3.8, 4) is 0 Å². The molecule has 1 aliphatic carbocycles. The summed E-state index contributed by atoms with van der Waals surface area (Å²) in [5, 5.41) is 3.57. The van der Waals surface area contributed by atoms with Crippen molar-refractivity contribution < 1.29 is 4.79 Å². The van der Waals surface area contributed by atoms with Gasteiger partial charge in [0.1, 0.15) is 0 Å². The summed E-state index contributed by atoms with van der Waals surface area (Å²) in [6.07, 6.45) is 8.41. The number of nitrogens with one attached hydrogen (secondary N) is 1. The van der Waals surface area contributed by atoms with Crippen molar-refractivity contribution in [2.24, 2.45) is 11.7 Å². The number of fused-ring (bicyclic) bond motifs is 1. The lowest BCUT2D eigenvalue weighted by Crippen LogP contribution is -2.51. The van der Waals surface area contributed by atoms with E-state index < -0.39 is 0 Å². The fourth-order valence-corrected chi connectivity index (χ4v) is 3.94.